The second-order valence-electron chi connectivity index (χ2n) is 2.61. The van der Waals surface area contributed by atoms with Gasteiger partial charge < -0.3 is 10.2 Å². The van der Waals surface area contributed by atoms with Gasteiger partial charge >= 0.3 is 5.97 Å². The molecule has 0 unspecified atom stereocenters. The highest BCUT2D eigenvalue weighted by Gasteiger charge is 1.99. The Morgan fingerprint density at radius 3 is 2.64 bits per heavy atom. The first kappa shape index (κ1) is 9.98. The highest BCUT2D eigenvalue weighted by molar-refractivity contribution is 5.86. The summed E-state index contributed by atoms with van der Waals surface area (Å²) in [6.07, 6.45) is 2.81. The van der Waals surface area contributed by atoms with E-state index >= 15 is 0 Å². The van der Waals surface area contributed by atoms with E-state index in [0.717, 1.165) is 6.08 Å². The minimum Gasteiger partial charge on any atom is -0.507 e. The zero-order valence-electron chi connectivity index (χ0n) is 7.18. The van der Waals surface area contributed by atoms with Crippen LogP contribution in [0.1, 0.15) is 15.9 Å². The number of carbonyl (C=O) groups is 2. The van der Waals surface area contributed by atoms with Crippen molar-refractivity contribution in [3.05, 3.63) is 35.4 Å². The Kier molecular flexibility index (Phi) is 3.01. The summed E-state index contributed by atoms with van der Waals surface area (Å²) in [5, 5.41) is 17.5. The Bertz CT molecular complexity index is 393. The quantitative estimate of drug-likeness (QED) is 0.559. The smallest absolute Gasteiger partial charge is 0.328 e. The Morgan fingerprint density at radius 2 is 2.07 bits per heavy atom. The van der Waals surface area contributed by atoms with Gasteiger partial charge in [0.2, 0.25) is 0 Å². The molecule has 0 amide bonds. The maximum atomic E-state index is 10.4. The third-order valence-corrected chi connectivity index (χ3v) is 1.60. The normalized spacial score (nSPS) is 10.3. The number of carboxylic acids is 1. The van der Waals surface area contributed by atoms with Crippen LogP contribution in [0.4, 0.5) is 0 Å². The number of aldehydes is 1. The van der Waals surface area contributed by atoms with Crippen LogP contribution in [-0.2, 0) is 4.79 Å². The summed E-state index contributed by atoms with van der Waals surface area (Å²) in [4.78, 5) is 20.6. The van der Waals surface area contributed by atoms with Crippen LogP contribution in [0, 0.1) is 0 Å². The summed E-state index contributed by atoms with van der Waals surface area (Å²) < 4.78 is 0. The fourth-order valence-electron chi connectivity index (χ4n) is 0.939. The predicted molar refractivity (Wildman–Crippen MR) is 50.2 cm³/mol. The van der Waals surface area contributed by atoms with E-state index in [2.05, 4.69) is 0 Å². The molecular weight excluding hydrogens is 184 g/mol. The average Bonchev–Trinajstić information content (AvgIpc) is 2.16. The lowest BCUT2D eigenvalue weighted by Gasteiger charge is -1.97. The second kappa shape index (κ2) is 4.23. The molecule has 0 aliphatic carbocycles. The van der Waals surface area contributed by atoms with E-state index in [-0.39, 0.29) is 11.3 Å². The summed E-state index contributed by atoms with van der Waals surface area (Å²) in [7, 11) is 0. The largest absolute Gasteiger partial charge is 0.507 e. The van der Waals surface area contributed by atoms with Crippen molar-refractivity contribution in [3.8, 4) is 5.75 Å². The fraction of sp³-hybridized carbons (Fsp3) is 0. The minimum atomic E-state index is -1.06. The molecule has 0 spiro atoms. The minimum absolute atomic E-state index is 0.118. The van der Waals surface area contributed by atoms with Gasteiger partial charge in [-0.2, -0.15) is 0 Å². The van der Waals surface area contributed by atoms with Gasteiger partial charge in [-0.05, 0) is 23.8 Å². The number of aliphatic carboxylic acids is 1. The summed E-state index contributed by atoms with van der Waals surface area (Å²) in [5.41, 5.74) is 0.685. The maximum absolute atomic E-state index is 10.4. The van der Waals surface area contributed by atoms with Gasteiger partial charge in [0.25, 0.3) is 0 Å². The van der Waals surface area contributed by atoms with E-state index in [4.69, 9.17) is 10.2 Å². The van der Waals surface area contributed by atoms with Gasteiger partial charge in [0, 0.05) is 6.08 Å². The third-order valence-electron chi connectivity index (χ3n) is 1.60. The van der Waals surface area contributed by atoms with E-state index in [0.29, 0.717) is 11.8 Å². The molecule has 4 heteroatoms. The number of phenolic OH excluding ortho intramolecular Hbond substituents is 1. The monoisotopic (exact) mass is 192 g/mol. The van der Waals surface area contributed by atoms with Gasteiger partial charge in [0.1, 0.15) is 5.75 Å². The van der Waals surface area contributed by atoms with Crippen LogP contribution in [0.25, 0.3) is 6.08 Å². The zero-order valence-corrected chi connectivity index (χ0v) is 7.18. The topological polar surface area (TPSA) is 74.6 Å². The Hall–Kier alpha value is -2.10. The van der Waals surface area contributed by atoms with Crippen LogP contribution in [0.5, 0.6) is 5.75 Å². The molecule has 1 rings (SSSR count). The van der Waals surface area contributed by atoms with Gasteiger partial charge in [-0.3, -0.25) is 4.79 Å². The van der Waals surface area contributed by atoms with Crippen molar-refractivity contribution >= 4 is 18.3 Å². The highest BCUT2D eigenvalue weighted by atomic mass is 16.4. The number of hydrogen-bond acceptors (Lipinski definition) is 3. The molecular formula is C10H8O4. The van der Waals surface area contributed by atoms with Crippen LogP contribution < -0.4 is 0 Å². The molecule has 0 atom stereocenters. The number of hydrogen-bond donors (Lipinski definition) is 2. The van der Waals surface area contributed by atoms with Gasteiger partial charge in [0.05, 0.1) is 5.56 Å². The molecule has 1 aromatic carbocycles. The van der Waals surface area contributed by atoms with E-state index < -0.39 is 5.97 Å². The molecule has 0 radical (unpaired) electrons. The van der Waals surface area contributed by atoms with Crippen molar-refractivity contribution in [2.45, 2.75) is 0 Å². The molecule has 0 bridgehead atoms. The van der Waals surface area contributed by atoms with Crippen molar-refractivity contribution in [1.29, 1.82) is 0 Å². The number of aromatic hydroxyl groups is 1. The van der Waals surface area contributed by atoms with E-state index in [1.54, 1.807) is 0 Å². The number of rotatable bonds is 3. The molecule has 14 heavy (non-hydrogen) atoms. The molecule has 0 aromatic heterocycles. The van der Waals surface area contributed by atoms with Crippen molar-refractivity contribution in [3.63, 3.8) is 0 Å². The first-order chi connectivity index (χ1) is 6.63. The third kappa shape index (κ3) is 2.45. The van der Waals surface area contributed by atoms with Crippen LogP contribution in [0.2, 0.25) is 0 Å². The SMILES string of the molecule is O=Cc1cc(C=CC(=O)O)ccc1O. The summed E-state index contributed by atoms with van der Waals surface area (Å²) >= 11 is 0. The standard InChI is InChI=1S/C10H8O4/c11-6-8-5-7(1-3-9(8)12)2-4-10(13)14/h1-6,12H,(H,13,14). The molecule has 0 saturated carbocycles. The predicted octanol–water partition coefficient (Wildman–Crippen LogP) is 1.30. The summed E-state index contributed by atoms with van der Waals surface area (Å²) in [6, 6.07) is 4.26. The first-order valence-electron chi connectivity index (χ1n) is 3.82. The van der Waals surface area contributed by atoms with Crippen molar-refractivity contribution in [2.24, 2.45) is 0 Å². The molecule has 2 N–H and O–H groups in total. The molecule has 4 nitrogen and oxygen atoms in total. The molecule has 0 aliphatic rings. The van der Waals surface area contributed by atoms with E-state index in [9.17, 15) is 9.59 Å². The van der Waals surface area contributed by atoms with Gasteiger partial charge in [0.15, 0.2) is 6.29 Å². The van der Waals surface area contributed by atoms with Crippen molar-refractivity contribution in [1.82, 2.24) is 0 Å². The summed E-state index contributed by atoms with van der Waals surface area (Å²) in [5.74, 6) is -1.18. The van der Waals surface area contributed by atoms with Crippen LogP contribution in [-0.4, -0.2) is 22.5 Å². The summed E-state index contributed by atoms with van der Waals surface area (Å²) in [6.45, 7) is 0. The first-order valence-corrected chi connectivity index (χ1v) is 3.82. The Balaban J connectivity index is 3.01. The van der Waals surface area contributed by atoms with Crippen molar-refractivity contribution in [2.75, 3.05) is 0 Å². The lowest BCUT2D eigenvalue weighted by molar-refractivity contribution is -0.131. The van der Waals surface area contributed by atoms with E-state index in [1.165, 1.54) is 24.3 Å². The van der Waals surface area contributed by atoms with Crippen molar-refractivity contribution < 1.29 is 19.8 Å². The average molecular weight is 192 g/mol. The molecule has 0 saturated heterocycles. The van der Waals surface area contributed by atoms with Gasteiger partial charge in [-0.15, -0.1) is 0 Å². The number of carboxylic acid groups (broad SMARTS) is 1. The lowest BCUT2D eigenvalue weighted by atomic mass is 10.1. The molecule has 0 aliphatic heterocycles. The zero-order chi connectivity index (χ0) is 10.6. The number of carbonyl (C=O) groups excluding carboxylic acids is 1. The number of phenols is 1. The lowest BCUT2D eigenvalue weighted by Crippen LogP contribution is -1.87. The van der Waals surface area contributed by atoms with Gasteiger partial charge in [-0.25, -0.2) is 4.79 Å². The molecule has 0 heterocycles. The van der Waals surface area contributed by atoms with Gasteiger partial charge in [-0.1, -0.05) is 6.07 Å². The maximum Gasteiger partial charge on any atom is 0.328 e. The second-order valence-corrected chi connectivity index (χ2v) is 2.61. The van der Waals surface area contributed by atoms with Crippen LogP contribution in [0.15, 0.2) is 24.3 Å². The molecule has 72 valence electrons. The number of benzene rings is 1. The van der Waals surface area contributed by atoms with E-state index in [1.807, 2.05) is 0 Å². The highest BCUT2D eigenvalue weighted by Crippen LogP contribution is 2.17. The Morgan fingerprint density at radius 1 is 1.36 bits per heavy atom. The Labute approximate surface area is 80.1 Å². The molecule has 0 fully saturated rings. The van der Waals surface area contributed by atoms with Crippen LogP contribution >= 0.6 is 0 Å². The fourth-order valence-corrected chi connectivity index (χ4v) is 0.939. The van der Waals surface area contributed by atoms with Crippen LogP contribution in [0.3, 0.4) is 0 Å². The molecule has 1 aromatic rings.